The number of phenols is 1. The van der Waals surface area contributed by atoms with Gasteiger partial charge in [-0.05, 0) is 55.0 Å². The van der Waals surface area contributed by atoms with Crippen molar-refractivity contribution < 1.29 is 5.11 Å². The first-order chi connectivity index (χ1) is 13.2. The van der Waals surface area contributed by atoms with E-state index in [-0.39, 0.29) is 0 Å². The number of aromatic hydroxyl groups is 1. The van der Waals surface area contributed by atoms with Gasteiger partial charge >= 0.3 is 0 Å². The van der Waals surface area contributed by atoms with Crippen molar-refractivity contribution in [2.45, 2.75) is 26.2 Å². The molecule has 1 aliphatic carbocycles. The maximum atomic E-state index is 9.50. The van der Waals surface area contributed by atoms with Gasteiger partial charge in [-0.3, -0.25) is 0 Å². The molecule has 0 unspecified atom stereocenters. The largest absolute Gasteiger partial charge is 0.508 e. The van der Waals surface area contributed by atoms with Crippen LogP contribution in [0.15, 0.2) is 30.6 Å². The predicted octanol–water partition coefficient (Wildman–Crippen LogP) is 3.85. The number of piperazine rings is 1. The molecule has 1 saturated heterocycles. The summed E-state index contributed by atoms with van der Waals surface area (Å²) < 4.78 is 0. The minimum Gasteiger partial charge on any atom is -0.508 e. The summed E-state index contributed by atoms with van der Waals surface area (Å²) in [6.45, 7) is 6.17. The van der Waals surface area contributed by atoms with Gasteiger partial charge in [-0.25, -0.2) is 9.97 Å². The van der Waals surface area contributed by atoms with Crippen LogP contribution in [0.4, 0.5) is 11.5 Å². The van der Waals surface area contributed by atoms with Gasteiger partial charge in [0, 0.05) is 36.7 Å². The summed E-state index contributed by atoms with van der Waals surface area (Å²) in [6.07, 6.45) is 5.34. The van der Waals surface area contributed by atoms with E-state index in [1.165, 1.54) is 34.4 Å². The van der Waals surface area contributed by atoms with Gasteiger partial charge in [0.1, 0.15) is 22.7 Å². The molecule has 0 bridgehead atoms. The number of fused-ring (bicyclic) bond motifs is 3. The van der Waals surface area contributed by atoms with Gasteiger partial charge in [-0.2, -0.15) is 0 Å². The van der Waals surface area contributed by atoms with Crippen LogP contribution in [-0.4, -0.2) is 41.3 Å². The van der Waals surface area contributed by atoms with E-state index in [0.29, 0.717) is 5.75 Å². The number of anilines is 2. The molecule has 3 heterocycles. The maximum absolute atomic E-state index is 9.50. The van der Waals surface area contributed by atoms with Crippen LogP contribution in [0, 0.1) is 5.92 Å². The van der Waals surface area contributed by atoms with Crippen LogP contribution >= 0.6 is 11.3 Å². The molecule has 5 nitrogen and oxygen atoms in total. The summed E-state index contributed by atoms with van der Waals surface area (Å²) in [5.74, 6) is 2.21. The van der Waals surface area contributed by atoms with Crippen molar-refractivity contribution in [1.29, 1.82) is 0 Å². The lowest BCUT2D eigenvalue weighted by molar-refractivity contribution is 0.475. The Morgan fingerprint density at radius 3 is 2.56 bits per heavy atom. The number of hydrogen-bond acceptors (Lipinski definition) is 6. The summed E-state index contributed by atoms with van der Waals surface area (Å²) in [5, 5.41) is 10.8. The Balaban J connectivity index is 1.41. The smallest absolute Gasteiger partial charge is 0.141 e. The van der Waals surface area contributed by atoms with E-state index in [1.54, 1.807) is 18.5 Å². The number of thiophene rings is 1. The van der Waals surface area contributed by atoms with Crippen molar-refractivity contribution in [3.8, 4) is 5.75 Å². The molecule has 2 aliphatic rings. The first kappa shape index (κ1) is 16.8. The van der Waals surface area contributed by atoms with Crippen LogP contribution < -0.4 is 9.80 Å². The summed E-state index contributed by atoms with van der Waals surface area (Å²) in [5.41, 5.74) is 2.67. The van der Waals surface area contributed by atoms with Gasteiger partial charge in [0.25, 0.3) is 0 Å². The van der Waals surface area contributed by atoms with Gasteiger partial charge in [-0.15, -0.1) is 11.3 Å². The van der Waals surface area contributed by atoms with E-state index < -0.39 is 0 Å². The molecule has 140 valence electrons. The molecule has 1 aromatic carbocycles. The van der Waals surface area contributed by atoms with Crippen LogP contribution in [0.2, 0.25) is 0 Å². The quantitative estimate of drug-likeness (QED) is 0.732. The van der Waals surface area contributed by atoms with Gasteiger partial charge in [0.15, 0.2) is 0 Å². The number of benzene rings is 1. The SMILES string of the molecule is C[C@@H]1CCc2c(sc3ncnc(N4CCN(c5ccc(O)cc5)CC4)c23)C1. The molecule has 0 spiro atoms. The minimum atomic E-state index is 0.317. The van der Waals surface area contributed by atoms with Crippen LogP contribution in [-0.2, 0) is 12.8 Å². The Hall–Kier alpha value is -2.34. The second kappa shape index (κ2) is 6.68. The highest BCUT2D eigenvalue weighted by Crippen LogP contribution is 2.40. The Bertz CT molecular complexity index is 960. The fraction of sp³-hybridized carbons (Fsp3) is 0.429. The van der Waals surface area contributed by atoms with Gasteiger partial charge < -0.3 is 14.9 Å². The molecule has 2 aromatic heterocycles. The van der Waals surface area contributed by atoms with E-state index in [4.69, 9.17) is 4.98 Å². The second-order valence-corrected chi connectivity index (χ2v) is 8.80. The van der Waals surface area contributed by atoms with E-state index in [9.17, 15) is 5.11 Å². The number of aromatic nitrogens is 2. The average Bonchev–Trinajstić information content (AvgIpc) is 3.06. The number of nitrogens with zero attached hydrogens (tertiary/aromatic N) is 4. The Labute approximate surface area is 163 Å². The van der Waals surface area contributed by atoms with E-state index >= 15 is 0 Å². The van der Waals surface area contributed by atoms with E-state index in [1.807, 2.05) is 23.5 Å². The predicted molar refractivity (Wildman–Crippen MR) is 111 cm³/mol. The molecular formula is C21H24N4OS. The molecule has 0 radical (unpaired) electrons. The molecule has 6 heteroatoms. The third kappa shape index (κ3) is 3.02. The van der Waals surface area contributed by atoms with Crippen molar-refractivity contribution in [1.82, 2.24) is 9.97 Å². The van der Waals surface area contributed by atoms with Crippen LogP contribution in [0.5, 0.6) is 5.75 Å². The van der Waals surface area contributed by atoms with Crippen molar-refractivity contribution >= 4 is 33.1 Å². The van der Waals surface area contributed by atoms with Gasteiger partial charge in [0.05, 0.1) is 5.39 Å². The lowest BCUT2D eigenvalue weighted by atomic mass is 9.89. The number of rotatable bonds is 2. The summed E-state index contributed by atoms with van der Waals surface area (Å²) in [7, 11) is 0. The molecule has 3 aromatic rings. The lowest BCUT2D eigenvalue weighted by Crippen LogP contribution is -2.47. The van der Waals surface area contributed by atoms with Gasteiger partial charge in [-0.1, -0.05) is 6.92 Å². The monoisotopic (exact) mass is 380 g/mol. The fourth-order valence-corrected chi connectivity index (χ4v) is 5.68. The zero-order chi connectivity index (χ0) is 18.4. The first-order valence-corrected chi connectivity index (χ1v) is 10.5. The highest BCUT2D eigenvalue weighted by atomic mass is 32.1. The highest BCUT2D eigenvalue weighted by Gasteiger charge is 2.26. The fourth-order valence-electron chi connectivity index (χ4n) is 4.34. The highest BCUT2D eigenvalue weighted by molar-refractivity contribution is 7.19. The number of aryl methyl sites for hydroxylation is 1. The minimum absolute atomic E-state index is 0.317. The summed E-state index contributed by atoms with van der Waals surface area (Å²) in [6, 6.07) is 7.50. The molecule has 1 aliphatic heterocycles. The van der Waals surface area contributed by atoms with Crippen LogP contribution in [0.3, 0.4) is 0 Å². The maximum Gasteiger partial charge on any atom is 0.141 e. The van der Waals surface area contributed by atoms with E-state index in [0.717, 1.165) is 49.2 Å². The zero-order valence-corrected chi connectivity index (χ0v) is 16.4. The second-order valence-electron chi connectivity index (χ2n) is 7.72. The normalized spacial score (nSPS) is 20.1. The zero-order valence-electron chi connectivity index (χ0n) is 15.6. The van der Waals surface area contributed by atoms with Crippen molar-refractivity contribution in [2.24, 2.45) is 5.92 Å². The average molecular weight is 381 g/mol. The Morgan fingerprint density at radius 1 is 1.04 bits per heavy atom. The molecule has 1 atom stereocenters. The van der Waals surface area contributed by atoms with Crippen molar-refractivity contribution in [3.05, 3.63) is 41.0 Å². The Kier molecular flexibility index (Phi) is 4.16. The van der Waals surface area contributed by atoms with Crippen molar-refractivity contribution in [2.75, 3.05) is 36.0 Å². The number of hydrogen-bond donors (Lipinski definition) is 1. The molecule has 1 N–H and O–H groups in total. The standard InChI is InChI=1S/C21H24N4OS/c1-14-2-7-17-18(12-14)27-21-19(17)20(22-13-23-21)25-10-8-24(9-11-25)15-3-5-16(26)6-4-15/h3-6,13-14,26H,2,7-12H2,1H3/t14-/m1/s1. The van der Waals surface area contributed by atoms with Crippen LogP contribution in [0.25, 0.3) is 10.2 Å². The Morgan fingerprint density at radius 2 is 1.78 bits per heavy atom. The number of phenolic OH excluding ortho intramolecular Hbond substituents is 1. The topological polar surface area (TPSA) is 52.5 Å². The molecule has 5 rings (SSSR count). The molecule has 0 saturated carbocycles. The molecule has 1 fully saturated rings. The molecule has 0 amide bonds. The van der Waals surface area contributed by atoms with Crippen LogP contribution in [0.1, 0.15) is 23.8 Å². The summed E-state index contributed by atoms with van der Waals surface area (Å²) >= 11 is 1.87. The van der Waals surface area contributed by atoms with Gasteiger partial charge in [0.2, 0.25) is 0 Å². The first-order valence-electron chi connectivity index (χ1n) is 9.73. The third-order valence-electron chi connectivity index (χ3n) is 5.87. The lowest BCUT2D eigenvalue weighted by Gasteiger charge is -2.37. The van der Waals surface area contributed by atoms with Crippen molar-refractivity contribution in [3.63, 3.8) is 0 Å². The summed E-state index contributed by atoms with van der Waals surface area (Å²) in [4.78, 5) is 16.8. The molecular weight excluding hydrogens is 356 g/mol. The van der Waals surface area contributed by atoms with E-state index in [2.05, 4.69) is 21.7 Å². The third-order valence-corrected chi connectivity index (χ3v) is 7.03. The molecule has 27 heavy (non-hydrogen) atoms.